The molecule has 0 spiro atoms. The molecular formula is C10H13BrN4S2. The zero-order valence-corrected chi connectivity index (χ0v) is 12.7. The Balaban J connectivity index is 2.43. The van der Waals surface area contributed by atoms with E-state index in [1.54, 1.807) is 11.3 Å². The fourth-order valence-electron chi connectivity index (χ4n) is 1.61. The summed E-state index contributed by atoms with van der Waals surface area (Å²) in [5, 5.41) is 8.31. The average molecular weight is 333 g/mol. The van der Waals surface area contributed by atoms with Crippen LogP contribution in [0.4, 0.5) is 0 Å². The summed E-state index contributed by atoms with van der Waals surface area (Å²) >= 11 is 6.57. The minimum absolute atomic E-state index is 0.0481. The van der Waals surface area contributed by atoms with Gasteiger partial charge in [0.1, 0.15) is 0 Å². The van der Waals surface area contributed by atoms with Gasteiger partial charge in [0.05, 0.1) is 16.6 Å². The lowest BCUT2D eigenvalue weighted by atomic mass is 10.0. The number of hydrogen-bond acceptors (Lipinski definition) is 6. The van der Waals surface area contributed by atoms with Gasteiger partial charge in [0, 0.05) is 15.4 Å². The van der Waals surface area contributed by atoms with Crippen LogP contribution in [0, 0.1) is 0 Å². The molecule has 0 fully saturated rings. The largest absolute Gasteiger partial charge is 0.271 e. The van der Waals surface area contributed by atoms with E-state index in [0.717, 1.165) is 20.6 Å². The Bertz CT molecular complexity index is 494. The third-order valence-electron chi connectivity index (χ3n) is 2.47. The summed E-state index contributed by atoms with van der Waals surface area (Å²) < 4.78 is 5.10. The number of hydrogen-bond donors (Lipinski definition) is 2. The molecule has 2 aromatic heterocycles. The van der Waals surface area contributed by atoms with Crippen LogP contribution in [0.25, 0.3) is 0 Å². The first-order valence-electron chi connectivity index (χ1n) is 5.15. The Morgan fingerprint density at radius 1 is 1.41 bits per heavy atom. The third-order valence-corrected chi connectivity index (χ3v) is 5.03. The van der Waals surface area contributed by atoms with Gasteiger partial charge in [-0.25, -0.2) is 5.43 Å². The molecule has 0 aliphatic carbocycles. The molecule has 0 radical (unpaired) electrons. The molecule has 2 aromatic rings. The van der Waals surface area contributed by atoms with E-state index < -0.39 is 0 Å². The van der Waals surface area contributed by atoms with Gasteiger partial charge < -0.3 is 0 Å². The Kier molecular flexibility index (Phi) is 4.26. The molecule has 2 rings (SSSR count). The molecule has 1 unspecified atom stereocenters. The van der Waals surface area contributed by atoms with Crippen molar-refractivity contribution in [3.8, 4) is 0 Å². The van der Waals surface area contributed by atoms with Gasteiger partial charge in [-0.2, -0.15) is 11.3 Å². The van der Waals surface area contributed by atoms with Crippen LogP contribution in [-0.4, -0.2) is 9.59 Å². The molecule has 0 aliphatic rings. The Labute approximate surface area is 117 Å². The van der Waals surface area contributed by atoms with Gasteiger partial charge in [0.15, 0.2) is 0 Å². The van der Waals surface area contributed by atoms with Gasteiger partial charge in [0.25, 0.3) is 0 Å². The van der Waals surface area contributed by atoms with E-state index in [9.17, 15) is 0 Å². The van der Waals surface area contributed by atoms with Gasteiger partial charge in [-0.3, -0.25) is 5.84 Å². The van der Waals surface area contributed by atoms with Crippen molar-refractivity contribution in [2.45, 2.75) is 25.8 Å². The molecule has 7 heteroatoms. The topological polar surface area (TPSA) is 63.8 Å². The maximum atomic E-state index is 5.68. The van der Waals surface area contributed by atoms with Gasteiger partial charge in [0.2, 0.25) is 0 Å². The van der Waals surface area contributed by atoms with E-state index >= 15 is 0 Å². The standard InChI is InChI=1S/C10H13BrN4S2/c1-5(2)8-10(17-15-14-8)9(13-12)6-3-16-4-7(6)11/h3-5,9,13H,12H2,1-2H3. The molecule has 0 saturated carbocycles. The van der Waals surface area contributed by atoms with Crippen LogP contribution in [0.3, 0.4) is 0 Å². The van der Waals surface area contributed by atoms with Crippen LogP contribution in [-0.2, 0) is 0 Å². The van der Waals surface area contributed by atoms with E-state index in [2.05, 4.69) is 50.2 Å². The third kappa shape index (κ3) is 2.58. The summed E-state index contributed by atoms with van der Waals surface area (Å²) in [5.74, 6) is 6.02. The molecule has 4 nitrogen and oxygen atoms in total. The van der Waals surface area contributed by atoms with Crippen molar-refractivity contribution in [2.24, 2.45) is 5.84 Å². The number of hydrazine groups is 1. The summed E-state index contributed by atoms with van der Waals surface area (Å²) in [6.07, 6.45) is 0. The minimum atomic E-state index is -0.0481. The van der Waals surface area contributed by atoms with Crippen molar-refractivity contribution in [2.75, 3.05) is 0 Å². The maximum Gasteiger partial charge on any atom is 0.0856 e. The summed E-state index contributed by atoms with van der Waals surface area (Å²) in [4.78, 5) is 1.08. The van der Waals surface area contributed by atoms with E-state index in [4.69, 9.17) is 5.84 Å². The van der Waals surface area contributed by atoms with Crippen molar-refractivity contribution < 1.29 is 0 Å². The molecule has 92 valence electrons. The highest BCUT2D eigenvalue weighted by Gasteiger charge is 2.23. The van der Waals surface area contributed by atoms with E-state index in [0.29, 0.717) is 5.92 Å². The number of aromatic nitrogens is 2. The fraction of sp³-hybridized carbons (Fsp3) is 0.400. The number of halogens is 1. The van der Waals surface area contributed by atoms with Crippen molar-refractivity contribution in [3.63, 3.8) is 0 Å². The molecule has 0 amide bonds. The lowest BCUT2D eigenvalue weighted by molar-refractivity contribution is 0.631. The summed E-state index contributed by atoms with van der Waals surface area (Å²) in [6.45, 7) is 4.22. The molecule has 1 atom stereocenters. The second-order valence-corrected chi connectivity index (χ2v) is 6.34. The number of rotatable bonds is 4. The Morgan fingerprint density at radius 2 is 2.18 bits per heavy atom. The lowest BCUT2D eigenvalue weighted by Gasteiger charge is -2.15. The van der Waals surface area contributed by atoms with Gasteiger partial charge in [-0.15, -0.1) is 5.10 Å². The van der Waals surface area contributed by atoms with Crippen LogP contribution >= 0.6 is 38.8 Å². The fourth-order valence-corrected chi connectivity index (χ4v) is 4.05. The number of nitrogens with two attached hydrogens (primary N) is 1. The summed E-state index contributed by atoms with van der Waals surface area (Å²) in [6, 6.07) is -0.0481. The summed E-state index contributed by atoms with van der Waals surface area (Å²) in [7, 11) is 0. The highest BCUT2D eigenvalue weighted by atomic mass is 79.9. The van der Waals surface area contributed by atoms with E-state index in [1.807, 2.05) is 5.38 Å². The van der Waals surface area contributed by atoms with Crippen LogP contribution < -0.4 is 11.3 Å². The highest BCUT2D eigenvalue weighted by molar-refractivity contribution is 9.10. The van der Waals surface area contributed by atoms with E-state index in [-0.39, 0.29) is 6.04 Å². The molecular weight excluding hydrogens is 320 g/mol. The Morgan fingerprint density at radius 3 is 2.71 bits per heavy atom. The molecule has 17 heavy (non-hydrogen) atoms. The number of thiophene rings is 1. The van der Waals surface area contributed by atoms with E-state index in [1.165, 1.54) is 11.5 Å². The summed E-state index contributed by atoms with van der Waals surface area (Å²) in [5.41, 5.74) is 4.99. The van der Waals surface area contributed by atoms with Gasteiger partial charge >= 0.3 is 0 Å². The molecule has 0 aliphatic heterocycles. The number of nitrogens with zero attached hydrogens (tertiary/aromatic N) is 2. The first-order valence-corrected chi connectivity index (χ1v) is 7.66. The molecule has 0 bridgehead atoms. The lowest BCUT2D eigenvalue weighted by Crippen LogP contribution is -2.29. The van der Waals surface area contributed by atoms with Gasteiger partial charge in [-0.1, -0.05) is 18.3 Å². The van der Waals surface area contributed by atoms with Crippen LogP contribution in [0.5, 0.6) is 0 Å². The van der Waals surface area contributed by atoms with Crippen LogP contribution in [0.1, 0.15) is 41.9 Å². The minimum Gasteiger partial charge on any atom is -0.271 e. The highest BCUT2D eigenvalue weighted by Crippen LogP contribution is 2.35. The SMILES string of the molecule is CC(C)c1nnsc1C(NN)c1cscc1Br. The first kappa shape index (κ1) is 13.1. The second kappa shape index (κ2) is 5.53. The smallest absolute Gasteiger partial charge is 0.0856 e. The van der Waals surface area contributed by atoms with Crippen molar-refractivity contribution >= 4 is 38.8 Å². The molecule has 0 saturated heterocycles. The van der Waals surface area contributed by atoms with Crippen molar-refractivity contribution in [1.82, 2.24) is 15.0 Å². The Hall–Kier alpha value is -0.340. The quantitative estimate of drug-likeness (QED) is 0.667. The molecule has 3 N–H and O–H groups in total. The van der Waals surface area contributed by atoms with Crippen LogP contribution in [0.2, 0.25) is 0 Å². The van der Waals surface area contributed by atoms with Gasteiger partial charge in [-0.05, 0) is 38.8 Å². The predicted molar refractivity (Wildman–Crippen MR) is 75.2 cm³/mol. The predicted octanol–water partition coefficient (Wildman–Crippen LogP) is 3.04. The first-order chi connectivity index (χ1) is 8.15. The average Bonchev–Trinajstić information content (AvgIpc) is 2.90. The molecule has 2 heterocycles. The van der Waals surface area contributed by atoms with Crippen molar-refractivity contribution in [3.05, 3.63) is 31.4 Å². The molecule has 0 aromatic carbocycles. The second-order valence-electron chi connectivity index (χ2n) is 3.95. The zero-order chi connectivity index (χ0) is 12.4. The number of nitrogens with one attached hydrogen (secondary N) is 1. The van der Waals surface area contributed by atoms with Crippen molar-refractivity contribution in [1.29, 1.82) is 0 Å². The maximum absolute atomic E-state index is 5.68. The normalized spacial score (nSPS) is 13.2. The zero-order valence-electron chi connectivity index (χ0n) is 9.48. The monoisotopic (exact) mass is 332 g/mol. The van der Waals surface area contributed by atoms with Crippen LogP contribution in [0.15, 0.2) is 15.2 Å².